The van der Waals surface area contributed by atoms with Gasteiger partial charge >= 0.3 is 5.97 Å². The zero-order chi connectivity index (χ0) is 13.7. The Labute approximate surface area is 113 Å². The van der Waals surface area contributed by atoms with Gasteiger partial charge in [-0.15, -0.1) is 0 Å². The van der Waals surface area contributed by atoms with Gasteiger partial charge in [0.25, 0.3) is 0 Å². The number of rotatable bonds is 4. The van der Waals surface area contributed by atoms with Crippen molar-refractivity contribution in [3.8, 4) is 0 Å². The van der Waals surface area contributed by atoms with Crippen LogP contribution in [-0.4, -0.2) is 11.1 Å². The van der Waals surface area contributed by atoms with Gasteiger partial charge in [-0.05, 0) is 23.1 Å². The molecule has 0 spiro atoms. The minimum Gasteiger partial charge on any atom is -0.478 e. The van der Waals surface area contributed by atoms with Crippen molar-refractivity contribution in [2.75, 3.05) is 0 Å². The molecule has 0 amide bonds. The summed E-state index contributed by atoms with van der Waals surface area (Å²) in [6, 6.07) is 19.0. The molecular weight excluding hydrogens is 236 g/mol. The lowest BCUT2D eigenvalue weighted by Gasteiger charge is -2.11. The maximum absolute atomic E-state index is 11.6. The molecule has 2 rings (SSSR count). The third-order valence-electron chi connectivity index (χ3n) is 3.05. The number of carboxylic acids is 1. The Bertz CT molecular complexity index is 583. The van der Waals surface area contributed by atoms with Crippen LogP contribution in [0, 0.1) is 0 Å². The van der Waals surface area contributed by atoms with Crippen LogP contribution in [0.1, 0.15) is 24.5 Å². The van der Waals surface area contributed by atoms with Crippen LogP contribution in [0.5, 0.6) is 0 Å². The molecule has 96 valence electrons. The fourth-order valence-corrected chi connectivity index (χ4v) is 2.20. The summed E-state index contributed by atoms with van der Waals surface area (Å²) in [6.07, 6.45) is 0.681. The number of carboxylic acid groups (broad SMARTS) is 1. The lowest BCUT2D eigenvalue weighted by Crippen LogP contribution is -2.03. The summed E-state index contributed by atoms with van der Waals surface area (Å²) in [6.45, 7) is 1.98. The number of allylic oxidation sites excluding steroid dienone is 1. The maximum atomic E-state index is 11.6. The Balaban J connectivity index is 2.64. The van der Waals surface area contributed by atoms with E-state index in [2.05, 4.69) is 0 Å². The number of benzene rings is 2. The quantitative estimate of drug-likeness (QED) is 0.657. The van der Waals surface area contributed by atoms with E-state index < -0.39 is 5.97 Å². The fraction of sp³-hybridized carbons (Fsp3) is 0.118. The Hall–Kier alpha value is -2.35. The molecule has 0 fully saturated rings. The number of hydrogen-bond acceptors (Lipinski definition) is 1. The van der Waals surface area contributed by atoms with E-state index in [9.17, 15) is 9.90 Å². The average molecular weight is 252 g/mol. The second-order valence-electron chi connectivity index (χ2n) is 4.24. The topological polar surface area (TPSA) is 37.3 Å². The van der Waals surface area contributed by atoms with Crippen molar-refractivity contribution >= 4 is 17.1 Å². The van der Waals surface area contributed by atoms with E-state index in [-0.39, 0.29) is 0 Å². The Morgan fingerprint density at radius 1 is 0.895 bits per heavy atom. The third kappa shape index (κ3) is 2.91. The van der Waals surface area contributed by atoms with Gasteiger partial charge in [0.15, 0.2) is 0 Å². The number of aliphatic carboxylic acids is 1. The van der Waals surface area contributed by atoms with E-state index in [0.29, 0.717) is 12.0 Å². The molecule has 0 heterocycles. The Morgan fingerprint density at radius 3 is 1.79 bits per heavy atom. The Morgan fingerprint density at radius 2 is 1.37 bits per heavy atom. The van der Waals surface area contributed by atoms with Crippen LogP contribution in [0.15, 0.2) is 60.7 Å². The van der Waals surface area contributed by atoms with Gasteiger partial charge in [0.05, 0.1) is 5.57 Å². The molecule has 0 atom stereocenters. The van der Waals surface area contributed by atoms with E-state index >= 15 is 0 Å². The van der Waals surface area contributed by atoms with Crippen LogP contribution in [0.2, 0.25) is 0 Å². The molecule has 0 aromatic heterocycles. The summed E-state index contributed by atoms with van der Waals surface area (Å²) in [5.74, 6) is -0.882. The summed E-state index contributed by atoms with van der Waals surface area (Å²) in [5, 5.41) is 9.53. The summed E-state index contributed by atoms with van der Waals surface area (Å²) >= 11 is 0. The smallest absolute Gasteiger partial charge is 0.336 e. The summed E-state index contributed by atoms with van der Waals surface area (Å²) in [5.41, 5.74) is 2.95. The maximum Gasteiger partial charge on any atom is 0.336 e. The first kappa shape index (κ1) is 13.1. The van der Waals surface area contributed by atoms with Crippen LogP contribution in [0.4, 0.5) is 0 Å². The van der Waals surface area contributed by atoms with Gasteiger partial charge in [0.2, 0.25) is 0 Å². The molecule has 2 heteroatoms. The van der Waals surface area contributed by atoms with Crippen molar-refractivity contribution in [3.05, 3.63) is 71.8 Å². The normalized spacial score (nSPS) is 11.8. The molecule has 1 N–H and O–H groups in total. The molecule has 0 aliphatic rings. The molecule has 2 aromatic rings. The van der Waals surface area contributed by atoms with Gasteiger partial charge in [-0.3, -0.25) is 0 Å². The van der Waals surface area contributed by atoms with Gasteiger partial charge in [-0.1, -0.05) is 67.6 Å². The highest BCUT2D eigenvalue weighted by atomic mass is 16.4. The highest BCUT2D eigenvalue weighted by Crippen LogP contribution is 2.28. The molecule has 2 nitrogen and oxygen atoms in total. The van der Waals surface area contributed by atoms with Crippen molar-refractivity contribution in [1.82, 2.24) is 0 Å². The second-order valence-corrected chi connectivity index (χ2v) is 4.24. The molecule has 2 aromatic carbocycles. The van der Waals surface area contributed by atoms with Gasteiger partial charge < -0.3 is 5.11 Å². The van der Waals surface area contributed by atoms with Crippen molar-refractivity contribution in [3.63, 3.8) is 0 Å². The minimum atomic E-state index is -0.882. The number of carbonyl (C=O) groups is 1. The van der Waals surface area contributed by atoms with Crippen molar-refractivity contribution in [2.24, 2.45) is 0 Å². The zero-order valence-electron chi connectivity index (χ0n) is 10.8. The third-order valence-corrected chi connectivity index (χ3v) is 3.05. The lowest BCUT2D eigenvalue weighted by molar-refractivity contribution is -0.130. The first-order chi connectivity index (χ1) is 9.24. The van der Waals surface area contributed by atoms with Gasteiger partial charge in [0.1, 0.15) is 0 Å². The molecular formula is C17H16O2. The van der Waals surface area contributed by atoms with E-state index in [0.717, 1.165) is 16.7 Å². The summed E-state index contributed by atoms with van der Waals surface area (Å²) < 4.78 is 0. The monoisotopic (exact) mass is 252 g/mol. The van der Waals surface area contributed by atoms with E-state index in [1.165, 1.54) is 0 Å². The van der Waals surface area contributed by atoms with Crippen LogP contribution < -0.4 is 0 Å². The van der Waals surface area contributed by atoms with Crippen LogP contribution in [0.25, 0.3) is 11.1 Å². The molecule has 0 radical (unpaired) electrons. The van der Waals surface area contributed by atoms with Gasteiger partial charge in [-0.25, -0.2) is 4.79 Å². The van der Waals surface area contributed by atoms with Crippen molar-refractivity contribution in [2.45, 2.75) is 13.3 Å². The van der Waals surface area contributed by atoms with E-state index in [4.69, 9.17) is 0 Å². The Kier molecular flexibility index (Phi) is 4.14. The van der Waals surface area contributed by atoms with Gasteiger partial charge in [-0.2, -0.15) is 0 Å². The average Bonchev–Trinajstić information content (AvgIpc) is 2.46. The van der Waals surface area contributed by atoms with Gasteiger partial charge in [0, 0.05) is 0 Å². The summed E-state index contributed by atoms with van der Waals surface area (Å²) in [4.78, 5) is 11.6. The van der Waals surface area contributed by atoms with Crippen LogP contribution in [-0.2, 0) is 4.79 Å². The molecule has 0 unspecified atom stereocenters. The molecule has 0 saturated heterocycles. The standard InChI is InChI=1S/C17H16O2/c1-2-15(13-9-5-3-6-10-13)16(17(18)19)14-11-7-4-8-12-14/h3-12H,2H2,1H3,(H,18,19)/b16-15+. The predicted octanol–water partition coefficient (Wildman–Crippen LogP) is 4.09. The van der Waals surface area contributed by atoms with Crippen molar-refractivity contribution in [1.29, 1.82) is 0 Å². The first-order valence-electron chi connectivity index (χ1n) is 6.31. The highest BCUT2D eigenvalue weighted by Gasteiger charge is 2.16. The molecule has 0 aliphatic carbocycles. The lowest BCUT2D eigenvalue weighted by atomic mass is 9.93. The van der Waals surface area contributed by atoms with Crippen LogP contribution in [0.3, 0.4) is 0 Å². The molecule has 19 heavy (non-hydrogen) atoms. The first-order valence-corrected chi connectivity index (χ1v) is 6.31. The van der Waals surface area contributed by atoms with Crippen molar-refractivity contribution < 1.29 is 9.90 Å². The minimum absolute atomic E-state index is 0.384. The zero-order valence-corrected chi connectivity index (χ0v) is 10.8. The fourth-order valence-electron chi connectivity index (χ4n) is 2.20. The SMILES string of the molecule is CC/C(=C(\C(=O)O)c1ccccc1)c1ccccc1. The predicted molar refractivity (Wildman–Crippen MR) is 77.6 cm³/mol. The second kappa shape index (κ2) is 6.01. The molecule has 0 bridgehead atoms. The highest BCUT2D eigenvalue weighted by molar-refractivity contribution is 6.23. The van der Waals surface area contributed by atoms with Crippen LogP contribution >= 0.6 is 0 Å². The summed E-state index contributed by atoms with van der Waals surface area (Å²) in [7, 11) is 0. The number of hydrogen-bond donors (Lipinski definition) is 1. The molecule has 0 saturated carbocycles. The van der Waals surface area contributed by atoms with E-state index in [1.54, 1.807) is 0 Å². The molecule has 0 aliphatic heterocycles. The largest absolute Gasteiger partial charge is 0.478 e. The van der Waals surface area contributed by atoms with E-state index in [1.807, 2.05) is 67.6 Å².